The number of anilines is 3. The van der Waals surface area contributed by atoms with Crippen LogP contribution in [0.5, 0.6) is 0 Å². The predicted octanol–water partition coefficient (Wildman–Crippen LogP) is 21.4. The molecular formula is C93H66N14. The van der Waals surface area contributed by atoms with Gasteiger partial charge in [0.1, 0.15) is 17.8 Å². The number of hydrogen-bond acceptors (Lipinski definition) is 12. The molecule has 8 heterocycles. The van der Waals surface area contributed by atoms with Crippen LogP contribution in [0.4, 0.5) is 17.3 Å². The van der Waals surface area contributed by atoms with Gasteiger partial charge >= 0.3 is 0 Å². The number of imidazole rings is 2. The fourth-order valence-electron chi connectivity index (χ4n) is 16.4. The third-order valence-corrected chi connectivity index (χ3v) is 21.6. The Balaban J connectivity index is 0.000000142. The Morgan fingerprint density at radius 3 is 1.19 bits per heavy atom. The largest absolute Gasteiger partial charge is 0.343 e. The number of nitrogens with one attached hydrogen (secondary N) is 1. The predicted molar refractivity (Wildman–Crippen MR) is 429 cm³/mol. The van der Waals surface area contributed by atoms with E-state index in [4.69, 9.17) is 34.9 Å². The molecule has 0 bridgehead atoms. The van der Waals surface area contributed by atoms with E-state index < -0.39 is 0 Å². The molecule has 1 aliphatic heterocycles. The van der Waals surface area contributed by atoms with E-state index in [1.165, 1.54) is 44.5 Å². The van der Waals surface area contributed by atoms with Crippen LogP contribution in [0.3, 0.4) is 0 Å². The first-order valence-corrected chi connectivity index (χ1v) is 36.0. The van der Waals surface area contributed by atoms with Gasteiger partial charge in [-0.1, -0.05) is 228 Å². The number of hydrogen-bond donors (Lipinski definition) is 1. The zero-order valence-corrected chi connectivity index (χ0v) is 58.9. The summed E-state index contributed by atoms with van der Waals surface area (Å²) in [5.74, 6) is 2.79. The number of benzene rings is 11. The lowest BCUT2D eigenvalue weighted by Crippen LogP contribution is -2.24. The lowest BCUT2D eigenvalue weighted by Gasteiger charge is -2.27. The topological polar surface area (TPSA) is 154 Å². The van der Waals surface area contributed by atoms with Crippen molar-refractivity contribution in [1.82, 2.24) is 59.0 Å². The molecule has 18 aromatic rings. The Bertz CT molecular complexity index is 6210. The molecule has 1 unspecified atom stereocenters. The first-order valence-electron chi connectivity index (χ1n) is 36.0. The van der Waals surface area contributed by atoms with Gasteiger partial charge in [-0.05, 0) is 151 Å². The summed E-state index contributed by atoms with van der Waals surface area (Å²) in [6.07, 6.45) is 9.74. The third kappa shape index (κ3) is 10.4. The normalized spacial score (nSPS) is 14.1. The number of para-hydroxylation sites is 3. The van der Waals surface area contributed by atoms with Crippen molar-refractivity contribution >= 4 is 61.7 Å². The lowest BCUT2D eigenvalue weighted by atomic mass is 9.81. The Labute approximate surface area is 617 Å². The minimum Gasteiger partial charge on any atom is -0.343 e. The third-order valence-electron chi connectivity index (χ3n) is 21.6. The zero-order valence-electron chi connectivity index (χ0n) is 58.9. The highest BCUT2D eigenvalue weighted by molar-refractivity contribution is 6.13. The average Bonchev–Trinajstić information content (AvgIpc) is 1.58. The average molecular weight is 1380 g/mol. The standard InChI is InChI=1S/C54H40N2.C39H26N12/c1-53(2)45-21-13-11-19-37(45)39-25-23-35(29-47(39)53)49-31-43(33-15-7-5-8-16-33)41-27-28-42-44(34-17-9-6-10-18-34)32-50(56-52(42)51(41)55-49)36-24-26-40-38-20-12-14-22-46(38)54(3,4)48(40)30-36;1-4-10-28(11-5-1)49-34(46-31-37(49)43-19-16-40-31)25-22-26(35-47-32-38(44-20-17-41-32)50(35)29-12-6-2-7-13-29)24-27(23-25)36-48-33-39(45-21-18-42-33)51(36)30-14-8-3-9-15-30/h5-32H,1-4H3;1-24,34H,(H,40,46). The molecule has 3 aliphatic rings. The summed E-state index contributed by atoms with van der Waals surface area (Å²) in [6, 6.07) is 98.8. The molecule has 14 heteroatoms. The van der Waals surface area contributed by atoms with Gasteiger partial charge in [-0.25, -0.2) is 49.8 Å². The maximum atomic E-state index is 5.60. The molecule has 11 aromatic carbocycles. The molecule has 508 valence electrons. The number of nitrogens with zero attached hydrogens (tertiary/aromatic N) is 13. The highest BCUT2D eigenvalue weighted by Gasteiger charge is 2.39. The van der Waals surface area contributed by atoms with Crippen LogP contribution in [0.2, 0.25) is 0 Å². The molecule has 7 aromatic heterocycles. The summed E-state index contributed by atoms with van der Waals surface area (Å²) in [4.78, 5) is 51.5. The highest BCUT2D eigenvalue weighted by atomic mass is 15.4. The fourth-order valence-corrected chi connectivity index (χ4v) is 16.4. The van der Waals surface area contributed by atoms with Crippen LogP contribution >= 0.6 is 0 Å². The fraction of sp³-hybridized carbons (Fsp3) is 0.0753. The Kier molecular flexibility index (Phi) is 14.6. The minimum atomic E-state index is -0.375. The highest BCUT2D eigenvalue weighted by Crippen LogP contribution is 2.53. The molecule has 1 N–H and O–H groups in total. The van der Waals surface area contributed by atoms with Gasteiger partial charge in [0.15, 0.2) is 34.2 Å². The molecule has 2 aliphatic carbocycles. The van der Waals surface area contributed by atoms with Crippen molar-refractivity contribution in [2.45, 2.75) is 44.7 Å². The van der Waals surface area contributed by atoms with Crippen molar-refractivity contribution < 1.29 is 0 Å². The molecule has 0 fully saturated rings. The van der Waals surface area contributed by atoms with Gasteiger partial charge in [0.05, 0.1) is 22.4 Å². The Morgan fingerprint density at radius 1 is 0.308 bits per heavy atom. The molecule has 0 amide bonds. The van der Waals surface area contributed by atoms with Gasteiger partial charge in [-0.15, -0.1) is 0 Å². The molecular weight excluding hydrogens is 1310 g/mol. The summed E-state index contributed by atoms with van der Waals surface area (Å²) in [5, 5.41) is 5.84. The van der Waals surface area contributed by atoms with Crippen LogP contribution in [0.1, 0.15) is 61.7 Å². The van der Waals surface area contributed by atoms with Gasteiger partial charge in [0, 0.05) is 98.1 Å². The summed E-state index contributed by atoms with van der Waals surface area (Å²) in [5.41, 5.74) is 28.8. The maximum Gasteiger partial charge on any atom is 0.198 e. The second-order valence-electron chi connectivity index (χ2n) is 28.5. The van der Waals surface area contributed by atoms with Crippen LogP contribution in [-0.4, -0.2) is 59.0 Å². The van der Waals surface area contributed by atoms with Gasteiger partial charge in [-0.2, -0.15) is 0 Å². The number of aromatic nitrogens is 12. The number of fused-ring (bicyclic) bond motifs is 12. The summed E-state index contributed by atoms with van der Waals surface area (Å²) in [6.45, 7) is 9.36. The van der Waals surface area contributed by atoms with E-state index in [2.05, 4.69) is 253 Å². The second kappa shape index (κ2) is 24.9. The van der Waals surface area contributed by atoms with Crippen LogP contribution in [0, 0.1) is 0 Å². The van der Waals surface area contributed by atoms with E-state index in [0.717, 1.165) is 106 Å². The van der Waals surface area contributed by atoms with Crippen LogP contribution < -0.4 is 10.2 Å². The molecule has 0 saturated carbocycles. The SMILES string of the molecule is CC1(C)c2ccccc2-c2ccc(-c3cc(-c4ccccc4)c4ccc5c(-c6ccccc6)cc(-c6ccc7c(c6)C(C)(C)c6ccccc6-7)nc5c4n3)cc21.c1ccc(N2c3nccnc3NC2c2cc(-c3nc4nccnc4n3-c3ccccc3)cc(-c3nc4nccnc4n3-c3ccccc3)c2)cc1. The van der Waals surface area contributed by atoms with E-state index >= 15 is 0 Å². The van der Waals surface area contributed by atoms with Crippen molar-refractivity contribution in [3.05, 3.63) is 344 Å². The molecule has 1 atom stereocenters. The van der Waals surface area contributed by atoms with Crippen LogP contribution in [0.25, 0.3) is 146 Å². The zero-order chi connectivity index (χ0) is 71.5. The van der Waals surface area contributed by atoms with Gasteiger partial charge in [0.25, 0.3) is 0 Å². The molecule has 0 radical (unpaired) electrons. The van der Waals surface area contributed by atoms with Crippen LogP contribution in [-0.2, 0) is 10.8 Å². The van der Waals surface area contributed by atoms with Crippen LogP contribution in [0.15, 0.2) is 316 Å². The molecule has 21 rings (SSSR count). The smallest absolute Gasteiger partial charge is 0.198 e. The first kappa shape index (κ1) is 62.8. The van der Waals surface area contributed by atoms with E-state index in [-0.39, 0.29) is 17.0 Å². The summed E-state index contributed by atoms with van der Waals surface area (Å²) < 4.78 is 4.09. The molecule has 0 spiro atoms. The van der Waals surface area contributed by atoms with Crippen molar-refractivity contribution in [2.24, 2.45) is 0 Å². The van der Waals surface area contributed by atoms with Gasteiger partial charge in [0.2, 0.25) is 0 Å². The second-order valence-corrected chi connectivity index (χ2v) is 28.5. The van der Waals surface area contributed by atoms with E-state index in [1.54, 1.807) is 37.2 Å². The first-order chi connectivity index (χ1) is 52.6. The summed E-state index contributed by atoms with van der Waals surface area (Å²) >= 11 is 0. The minimum absolute atomic E-state index is 0.111. The molecule has 107 heavy (non-hydrogen) atoms. The number of pyridine rings is 2. The molecule has 14 nitrogen and oxygen atoms in total. The van der Waals surface area contributed by atoms with Crippen molar-refractivity contribution in [3.63, 3.8) is 0 Å². The van der Waals surface area contributed by atoms with Gasteiger partial charge in [-0.3, -0.25) is 14.0 Å². The Hall–Kier alpha value is -14.0. The monoisotopic (exact) mass is 1380 g/mol. The van der Waals surface area contributed by atoms with Gasteiger partial charge < -0.3 is 5.32 Å². The van der Waals surface area contributed by atoms with Crippen molar-refractivity contribution in [2.75, 3.05) is 10.2 Å². The quantitative estimate of drug-likeness (QED) is 0.130. The lowest BCUT2D eigenvalue weighted by molar-refractivity contribution is 0.660. The van der Waals surface area contributed by atoms with Crippen molar-refractivity contribution in [3.8, 4) is 101 Å². The van der Waals surface area contributed by atoms with Crippen molar-refractivity contribution in [1.29, 1.82) is 0 Å². The summed E-state index contributed by atoms with van der Waals surface area (Å²) in [7, 11) is 0. The van der Waals surface area contributed by atoms with E-state index in [0.29, 0.717) is 40.1 Å². The van der Waals surface area contributed by atoms with E-state index in [9.17, 15) is 0 Å². The maximum absolute atomic E-state index is 5.60. The Morgan fingerprint density at radius 2 is 0.710 bits per heavy atom. The van der Waals surface area contributed by atoms with E-state index in [1.807, 2.05) is 88.0 Å². The number of rotatable bonds is 10. The molecule has 0 saturated heterocycles.